The van der Waals surface area contributed by atoms with Crippen molar-refractivity contribution in [3.05, 3.63) is 18.2 Å². The summed E-state index contributed by atoms with van der Waals surface area (Å²) < 4.78 is 42.8. The molecule has 0 fully saturated rings. The molecule has 2 rings (SSSR count). The highest BCUT2D eigenvalue weighted by Gasteiger charge is 2.18. The fourth-order valence-electron chi connectivity index (χ4n) is 2.33. The van der Waals surface area contributed by atoms with Crippen LogP contribution in [0.15, 0.2) is 23.1 Å². The van der Waals surface area contributed by atoms with E-state index in [0.29, 0.717) is 24.7 Å². The summed E-state index contributed by atoms with van der Waals surface area (Å²) in [5.41, 5.74) is 0. The van der Waals surface area contributed by atoms with Gasteiger partial charge in [0.2, 0.25) is 15.9 Å². The van der Waals surface area contributed by atoms with Gasteiger partial charge in [-0.2, -0.15) is 0 Å². The molecule has 0 bridgehead atoms. The minimum Gasteiger partial charge on any atom is -0.490 e. The van der Waals surface area contributed by atoms with Gasteiger partial charge in [-0.1, -0.05) is 0 Å². The summed E-state index contributed by atoms with van der Waals surface area (Å²) in [5.74, 6) is 0.548. The van der Waals surface area contributed by atoms with Crippen LogP contribution in [0.25, 0.3) is 0 Å². The van der Waals surface area contributed by atoms with Crippen LogP contribution in [0.4, 0.5) is 4.79 Å². The highest BCUT2D eigenvalue weighted by molar-refractivity contribution is 7.89. The Morgan fingerprint density at radius 3 is 2.54 bits per heavy atom. The summed E-state index contributed by atoms with van der Waals surface area (Å²) in [6, 6.07) is 4.39. The van der Waals surface area contributed by atoms with Gasteiger partial charge in [0.25, 0.3) is 0 Å². The van der Waals surface area contributed by atoms with E-state index in [1.165, 1.54) is 12.1 Å². The first-order valence-corrected chi connectivity index (χ1v) is 10.5. The van der Waals surface area contributed by atoms with Crippen molar-refractivity contribution < 1.29 is 32.2 Å². The van der Waals surface area contributed by atoms with Crippen LogP contribution in [-0.2, 0) is 19.6 Å². The van der Waals surface area contributed by atoms with Crippen molar-refractivity contribution in [1.29, 1.82) is 0 Å². The molecule has 0 saturated carbocycles. The molecule has 1 aliphatic rings. The zero-order valence-corrected chi connectivity index (χ0v) is 16.5. The molecule has 11 heteroatoms. The van der Waals surface area contributed by atoms with E-state index in [0.717, 1.165) is 6.42 Å². The number of amides is 2. The molecule has 1 heterocycles. The van der Waals surface area contributed by atoms with Crippen molar-refractivity contribution >= 4 is 22.0 Å². The van der Waals surface area contributed by atoms with Crippen LogP contribution in [0.1, 0.15) is 19.8 Å². The van der Waals surface area contributed by atoms with Crippen molar-refractivity contribution in [2.24, 2.45) is 0 Å². The van der Waals surface area contributed by atoms with Gasteiger partial charge in [0, 0.05) is 38.5 Å². The van der Waals surface area contributed by atoms with Crippen molar-refractivity contribution in [2.45, 2.75) is 24.7 Å². The molecule has 0 unspecified atom stereocenters. The summed E-state index contributed by atoms with van der Waals surface area (Å²) in [5, 5.41) is 5.03. The minimum atomic E-state index is -3.78. The van der Waals surface area contributed by atoms with Gasteiger partial charge in [-0.25, -0.2) is 17.9 Å². The molecule has 0 saturated heterocycles. The number of carbonyl (C=O) groups is 2. The second-order valence-corrected chi connectivity index (χ2v) is 7.57. The minimum absolute atomic E-state index is 0.0378. The number of sulfonamides is 1. The lowest BCUT2D eigenvalue weighted by atomic mass is 10.3. The Bertz CT molecular complexity index is 783. The molecule has 1 aromatic carbocycles. The third-order valence-corrected chi connectivity index (χ3v) is 5.12. The first-order valence-electron chi connectivity index (χ1n) is 8.99. The Hall–Kier alpha value is -2.53. The summed E-state index contributed by atoms with van der Waals surface area (Å²) in [4.78, 5) is 22.9. The molecule has 28 heavy (non-hydrogen) atoms. The molecular weight excluding hydrogens is 390 g/mol. The summed E-state index contributed by atoms with van der Waals surface area (Å²) in [6.07, 6.45) is 0.127. The zero-order chi connectivity index (χ0) is 20.4. The molecule has 0 atom stereocenters. The topological polar surface area (TPSA) is 132 Å². The normalized spacial score (nSPS) is 13.3. The number of hydrogen-bond donors (Lipinski definition) is 3. The molecule has 0 aliphatic carbocycles. The first kappa shape index (κ1) is 21.8. The highest BCUT2D eigenvalue weighted by Crippen LogP contribution is 2.31. The molecule has 1 aliphatic heterocycles. The van der Waals surface area contributed by atoms with E-state index in [9.17, 15) is 18.0 Å². The van der Waals surface area contributed by atoms with E-state index in [1.807, 2.05) is 0 Å². The van der Waals surface area contributed by atoms with Crippen molar-refractivity contribution in [2.75, 3.05) is 39.5 Å². The fraction of sp³-hybridized carbons (Fsp3) is 0.529. The number of benzene rings is 1. The van der Waals surface area contributed by atoms with Gasteiger partial charge in [-0.3, -0.25) is 4.79 Å². The highest BCUT2D eigenvalue weighted by atomic mass is 32.2. The van der Waals surface area contributed by atoms with Crippen LogP contribution in [0, 0.1) is 0 Å². The maximum absolute atomic E-state index is 12.4. The average Bonchev–Trinajstić information content (AvgIpc) is 2.90. The van der Waals surface area contributed by atoms with E-state index in [2.05, 4.69) is 20.1 Å². The monoisotopic (exact) mass is 415 g/mol. The van der Waals surface area contributed by atoms with Crippen molar-refractivity contribution in [1.82, 2.24) is 15.4 Å². The van der Waals surface area contributed by atoms with Gasteiger partial charge in [-0.15, -0.1) is 0 Å². The molecule has 156 valence electrons. The molecule has 0 aromatic heterocycles. The smallest absolute Gasteiger partial charge is 0.407 e. The molecule has 0 radical (unpaired) electrons. The molecule has 3 N–H and O–H groups in total. The number of carbonyl (C=O) groups excluding carboxylic acids is 2. The molecular formula is C17H25N3O7S. The predicted molar refractivity (Wildman–Crippen MR) is 99.9 cm³/mol. The van der Waals surface area contributed by atoms with Crippen LogP contribution in [0.5, 0.6) is 11.5 Å². The predicted octanol–water partition coefficient (Wildman–Crippen LogP) is 0.379. The average molecular weight is 415 g/mol. The Morgan fingerprint density at radius 1 is 1.07 bits per heavy atom. The van der Waals surface area contributed by atoms with Gasteiger partial charge in [-0.05, 0) is 19.1 Å². The van der Waals surface area contributed by atoms with Crippen molar-refractivity contribution in [3.8, 4) is 11.5 Å². The van der Waals surface area contributed by atoms with E-state index < -0.39 is 16.1 Å². The number of ether oxygens (including phenoxy) is 3. The molecule has 10 nitrogen and oxygen atoms in total. The lowest BCUT2D eigenvalue weighted by Gasteiger charge is -2.11. The van der Waals surface area contributed by atoms with E-state index in [1.54, 1.807) is 13.0 Å². The van der Waals surface area contributed by atoms with Gasteiger partial charge in [0.05, 0.1) is 24.7 Å². The van der Waals surface area contributed by atoms with Gasteiger partial charge < -0.3 is 24.8 Å². The Balaban J connectivity index is 1.75. The van der Waals surface area contributed by atoms with Crippen molar-refractivity contribution in [3.63, 3.8) is 0 Å². The summed E-state index contributed by atoms with van der Waals surface area (Å²) in [6.45, 7) is 3.29. The second kappa shape index (κ2) is 10.7. The van der Waals surface area contributed by atoms with Gasteiger partial charge >= 0.3 is 6.09 Å². The lowest BCUT2D eigenvalue weighted by Crippen LogP contribution is -2.36. The number of hydrogen-bond acceptors (Lipinski definition) is 7. The fourth-order valence-corrected chi connectivity index (χ4v) is 3.38. The van der Waals surface area contributed by atoms with Crippen LogP contribution >= 0.6 is 0 Å². The molecule has 2 amide bonds. The van der Waals surface area contributed by atoms with E-state index >= 15 is 0 Å². The van der Waals surface area contributed by atoms with Gasteiger partial charge in [0.15, 0.2) is 11.5 Å². The van der Waals surface area contributed by atoms with Crippen LogP contribution < -0.4 is 24.8 Å². The molecule has 1 aromatic rings. The Labute approximate surface area is 164 Å². The number of nitrogens with one attached hydrogen (secondary N) is 3. The van der Waals surface area contributed by atoms with Crippen LogP contribution in [0.2, 0.25) is 0 Å². The SMILES string of the molecule is CCOC(=O)NCCNC(=O)CCNS(=O)(=O)c1ccc2c(c1)OCCCO2. The summed E-state index contributed by atoms with van der Waals surface area (Å²) >= 11 is 0. The standard InChI is InChI=1S/C17H25N3O7S/c1-2-25-17(22)19-9-8-18-16(21)6-7-20-28(23,24)13-4-5-14-15(12-13)27-11-3-10-26-14/h4-5,12,20H,2-3,6-11H2,1H3,(H,18,21)(H,19,22). The Kier molecular flexibility index (Phi) is 8.33. The third-order valence-electron chi connectivity index (χ3n) is 3.67. The number of rotatable bonds is 9. The van der Waals surface area contributed by atoms with Gasteiger partial charge in [0.1, 0.15) is 0 Å². The third kappa shape index (κ3) is 6.89. The maximum Gasteiger partial charge on any atom is 0.407 e. The zero-order valence-electron chi connectivity index (χ0n) is 15.7. The summed E-state index contributed by atoms with van der Waals surface area (Å²) in [7, 11) is -3.78. The van der Waals surface area contributed by atoms with Crippen LogP contribution in [0.3, 0.4) is 0 Å². The Morgan fingerprint density at radius 2 is 1.79 bits per heavy atom. The number of alkyl carbamates (subject to hydrolysis) is 1. The quantitative estimate of drug-likeness (QED) is 0.497. The largest absolute Gasteiger partial charge is 0.490 e. The lowest BCUT2D eigenvalue weighted by molar-refractivity contribution is -0.120. The maximum atomic E-state index is 12.4. The van der Waals surface area contributed by atoms with E-state index in [4.69, 9.17) is 9.47 Å². The van der Waals surface area contributed by atoms with E-state index in [-0.39, 0.29) is 43.5 Å². The molecule has 0 spiro atoms. The van der Waals surface area contributed by atoms with Crippen LogP contribution in [-0.4, -0.2) is 59.9 Å². The second-order valence-electron chi connectivity index (χ2n) is 5.80. The first-order chi connectivity index (χ1) is 13.4. The number of fused-ring (bicyclic) bond motifs is 1.